The van der Waals surface area contributed by atoms with E-state index in [1.54, 1.807) is 0 Å². The van der Waals surface area contributed by atoms with E-state index in [0.717, 1.165) is 53.0 Å². The third-order valence-electron chi connectivity index (χ3n) is 4.60. The molecule has 0 aliphatic rings. The Morgan fingerprint density at radius 2 is 1.81 bits per heavy atom. The van der Waals surface area contributed by atoms with E-state index < -0.39 is 0 Å². The first-order chi connectivity index (χ1) is 12.7. The van der Waals surface area contributed by atoms with Crippen molar-refractivity contribution in [3.63, 3.8) is 0 Å². The second-order valence-electron chi connectivity index (χ2n) is 6.41. The molecule has 26 heavy (non-hydrogen) atoms. The van der Waals surface area contributed by atoms with Gasteiger partial charge in [0.05, 0.1) is 6.61 Å². The van der Waals surface area contributed by atoms with Crippen molar-refractivity contribution in [1.29, 1.82) is 0 Å². The molecule has 3 aromatic rings. The Hall–Kier alpha value is -2.75. The number of ether oxygens (including phenoxy) is 1. The van der Waals surface area contributed by atoms with Gasteiger partial charge in [0, 0.05) is 23.1 Å². The topological polar surface area (TPSA) is 43.3 Å². The molecule has 0 fully saturated rings. The van der Waals surface area contributed by atoms with Crippen LogP contribution in [0.1, 0.15) is 42.7 Å². The van der Waals surface area contributed by atoms with Crippen LogP contribution in [0.5, 0.6) is 5.75 Å². The van der Waals surface area contributed by atoms with Crippen LogP contribution < -0.4 is 10.1 Å². The van der Waals surface area contributed by atoms with Gasteiger partial charge in [0.15, 0.2) is 0 Å². The SMILES string of the molecule is CCCCn1c(C(=O)Nc2ccc(OCC)cc2)c(C)c2ccccc21. The third kappa shape index (κ3) is 3.59. The van der Waals surface area contributed by atoms with Crippen molar-refractivity contribution in [2.75, 3.05) is 11.9 Å². The zero-order valence-electron chi connectivity index (χ0n) is 15.7. The number of amides is 1. The summed E-state index contributed by atoms with van der Waals surface area (Å²) in [5.74, 6) is 0.734. The molecule has 0 bridgehead atoms. The second-order valence-corrected chi connectivity index (χ2v) is 6.41. The maximum absolute atomic E-state index is 13.0. The van der Waals surface area contributed by atoms with E-state index in [4.69, 9.17) is 4.74 Å². The van der Waals surface area contributed by atoms with Crippen molar-refractivity contribution < 1.29 is 9.53 Å². The van der Waals surface area contributed by atoms with Gasteiger partial charge >= 0.3 is 0 Å². The number of unbranched alkanes of at least 4 members (excludes halogenated alkanes) is 1. The van der Waals surface area contributed by atoms with Crippen LogP contribution in [0.4, 0.5) is 5.69 Å². The Bertz CT molecular complexity index is 894. The lowest BCUT2D eigenvalue weighted by atomic mass is 10.1. The number of anilines is 1. The van der Waals surface area contributed by atoms with Crippen LogP contribution in [0, 0.1) is 6.92 Å². The molecule has 0 saturated heterocycles. The summed E-state index contributed by atoms with van der Waals surface area (Å²) in [4.78, 5) is 13.0. The minimum absolute atomic E-state index is 0.0704. The predicted octanol–water partition coefficient (Wildman–Crippen LogP) is 5.40. The normalized spacial score (nSPS) is 10.9. The largest absolute Gasteiger partial charge is 0.494 e. The summed E-state index contributed by atoms with van der Waals surface area (Å²) in [6.45, 7) is 7.61. The number of benzene rings is 2. The highest BCUT2D eigenvalue weighted by atomic mass is 16.5. The van der Waals surface area contributed by atoms with Crippen LogP contribution in [0.3, 0.4) is 0 Å². The molecule has 0 aliphatic heterocycles. The molecule has 0 atom stereocenters. The maximum Gasteiger partial charge on any atom is 0.272 e. The summed E-state index contributed by atoms with van der Waals surface area (Å²) in [6, 6.07) is 15.7. The van der Waals surface area contributed by atoms with Crippen molar-refractivity contribution in [3.8, 4) is 5.75 Å². The monoisotopic (exact) mass is 350 g/mol. The number of aryl methyl sites for hydroxylation is 2. The van der Waals surface area contributed by atoms with Crippen LogP contribution in [0.15, 0.2) is 48.5 Å². The zero-order chi connectivity index (χ0) is 18.5. The first kappa shape index (κ1) is 18.1. The van der Waals surface area contributed by atoms with E-state index in [-0.39, 0.29) is 5.91 Å². The molecule has 2 aromatic carbocycles. The molecule has 136 valence electrons. The standard InChI is InChI=1S/C22H26N2O2/c1-4-6-15-24-20-10-8-7-9-19(20)16(3)21(24)22(25)23-17-11-13-18(14-12-17)26-5-2/h7-14H,4-6,15H2,1-3H3,(H,23,25). The number of hydrogen-bond acceptors (Lipinski definition) is 2. The van der Waals surface area contributed by atoms with Crippen LogP contribution in [-0.4, -0.2) is 17.1 Å². The van der Waals surface area contributed by atoms with E-state index in [0.29, 0.717) is 6.61 Å². The molecule has 1 N–H and O–H groups in total. The van der Waals surface area contributed by atoms with Gasteiger partial charge < -0.3 is 14.6 Å². The molecular formula is C22H26N2O2. The minimum atomic E-state index is -0.0704. The van der Waals surface area contributed by atoms with Gasteiger partial charge in [-0.15, -0.1) is 0 Å². The third-order valence-corrected chi connectivity index (χ3v) is 4.60. The highest BCUT2D eigenvalue weighted by Crippen LogP contribution is 2.27. The number of fused-ring (bicyclic) bond motifs is 1. The molecule has 4 heteroatoms. The van der Waals surface area contributed by atoms with E-state index in [1.165, 1.54) is 0 Å². The number of carbonyl (C=O) groups is 1. The Morgan fingerprint density at radius 3 is 2.50 bits per heavy atom. The maximum atomic E-state index is 13.0. The summed E-state index contributed by atoms with van der Waals surface area (Å²) in [6.07, 6.45) is 2.13. The molecule has 4 nitrogen and oxygen atoms in total. The molecule has 0 aliphatic carbocycles. The van der Waals surface area contributed by atoms with Gasteiger partial charge in [0.1, 0.15) is 11.4 Å². The minimum Gasteiger partial charge on any atom is -0.494 e. The fourth-order valence-corrected chi connectivity index (χ4v) is 3.31. The quantitative estimate of drug-likeness (QED) is 0.620. The highest BCUT2D eigenvalue weighted by molar-refractivity contribution is 6.08. The molecule has 0 radical (unpaired) electrons. The molecule has 0 saturated carbocycles. The summed E-state index contributed by atoms with van der Waals surface area (Å²) in [5, 5.41) is 4.17. The van der Waals surface area contributed by atoms with Crippen LogP contribution >= 0.6 is 0 Å². The number of carbonyl (C=O) groups excluding carboxylic acids is 1. The van der Waals surface area contributed by atoms with Crippen molar-refractivity contribution in [2.45, 2.75) is 40.2 Å². The van der Waals surface area contributed by atoms with Gasteiger partial charge in [-0.2, -0.15) is 0 Å². The lowest BCUT2D eigenvalue weighted by molar-refractivity contribution is 0.101. The number of nitrogens with zero attached hydrogens (tertiary/aromatic N) is 1. The number of aromatic nitrogens is 1. The van der Waals surface area contributed by atoms with Gasteiger partial charge in [-0.3, -0.25) is 4.79 Å². The molecule has 0 spiro atoms. The average Bonchev–Trinajstić information content (AvgIpc) is 2.94. The Kier molecular flexibility index (Phi) is 5.61. The lowest BCUT2D eigenvalue weighted by Gasteiger charge is -2.12. The van der Waals surface area contributed by atoms with Crippen LogP contribution in [-0.2, 0) is 6.54 Å². The molecule has 1 amide bonds. The fraction of sp³-hybridized carbons (Fsp3) is 0.318. The second kappa shape index (κ2) is 8.09. The van der Waals surface area contributed by atoms with Gasteiger partial charge in [-0.25, -0.2) is 0 Å². The van der Waals surface area contributed by atoms with Crippen molar-refractivity contribution in [2.24, 2.45) is 0 Å². The average molecular weight is 350 g/mol. The summed E-state index contributed by atoms with van der Waals surface area (Å²) in [5.41, 5.74) is 3.66. The molecule has 3 rings (SSSR count). The van der Waals surface area contributed by atoms with E-state index in [2.05, 4.69) is 28.9 Å². The number of rotatable bonds is 7. The van der Waals surface area contributed by atoms with Crippen molar-refractivity contribution >= 4 is 22.5 Å². The van der Waals surface area contributed by atoms with E-state index in [1.807, 2.05) is 50.2 Å². The first-order valence-electron chi connectivity index (χ1n) is 9.27. The molecule has 0 unspecified atom stereocenters. The lowest BCUT2D eigenvalue weighted by Crippen LogP contribution is -2.18. The fourth-order valence-electron chi connectivity index (χ4n) is 3.31. The van der Waals surface area contributed by atoms with Crippen LogP contribution in [0.25, 0.3) is 10.9 Å². The molecule has 1 aromatic heterocycles. The van der Waals surface area contributed by atoms with Crippen molar-refractivity contribution in [3.05, 3.63) is 59.8 Å². The van der Waals surface area contributed by atoms with E-state index >= 15 is 0 Å². The summed E-state index contributed by atoms with van der Waals surface area (Å²) >= 11 is 0. The highest BCUT2D eigenvalue weighted by Gasteiger charge is 2.20. The van der Waals surface area contributed by atoms with E-state index in [9.17, 15) is 4.79 Å². The van der Waals surface area contributed by atoms with Gasteiger partial charge in [-0.1, -0.05) is 31.5 Å². The molecular weight excluding hydrogens is 324 g/mol. The van der Waals surface area contributed by atoms with Gasteiger partial charge in [0.2, 0.25) is 0 Å². The summed E-state index contributed by atoms with van der Waals surface area (Å²) < 4.78 is 7.61. The first-order valence-corrected chi connectivity index (χ1v) is 9.27. The Morgan fingerprint density at radius 1 is 1.08 bits per heavy atom. The van der Waals surface area contributed by atoms with Crippen LogP contribution in [0.2, 0.25) is 0 Å². The van der Waals surface area contributed by atoms with Gasteiger partial charge in [0.25, 0.3) is 5.91 Å². The predicted molar refractivity (Wildman–Crippen MR) is 107 cm³/mol. The number of para-hydroxylation sites is 1. The number of nitrogens with one attached hydrogen (secondary N) is 1. The number of hydrogen-bond donors (Lipinski definition) is 1. The smallest absolute Gasteiger partial charge is 0.272 e. The summed E-state index contributed by atoms with van der Waals surface area (Å²) in [7, 11) is 0. The zero-order valence-corrected chi connectivity index (χ0v) is 15.7. The Balaban J connectivity index is 1.92. The van der Waals surface area contributed by atoms with Crippen molar-refractivity contribution in [1.82, 2.24) is 4.57 Å². The van der Waals surface area contributed by atoms with Gasteiger partial charge in [-0.05, 0) is 56.2 Å². The molecule has 1 heterocycles. The Labute approximate surface area is 154 Å².